The predicted octanol–water partition coefficient (Wildman–Crippen LogP) is 2.77. The lowest BCUT2D eigenvalue weighted by atomic mass is 9.82. The zero-order chi connectivity index (χ0) is 25.6. The maximum atomic E-state index is 13.1. The van der Waals surface area contributed by atoms with E-state index in [2.05, 4.69) is 32.9 Å². The van der Waals surface area contributed by atoms with Crippen molar-refractivity contribution in [1.82, 2.24) is 10.9 Å². The van der Waals surface area contributed by atoms with Crippen molar-refractivity contribution in [1.29, 1.82) is 0 Å². The summed E-state index contributed by atoms with van der Waals surface area (Å²) in [5.74, 6) is -2.76. The summed E-state index contributed by atoms with van der Waals surface area (Å²) in [6, 6.07) is 12.5. The summed E-state index contributed by atoms with van der Waals surface area (Å²) in [4.78, 5) is 63.6. The Labute approximate surface area is 215 Å². The van der Waals surface area contributed by atoms with Crippen LogP contribution in [-0.4, -0.2) is 36.2 Å². The van der Waals surface area contributed by atoms with Crippen LogP contribution in [0.5, 0.6) is 0 Å². The second-order valence-electron chi connectivity index (χ2n) is 9.11. The first-order valence-electron chi connectivity index (χ1n) is 11.4. The van der Waals surface area contributed by atoms with Gasteiger partial charge >= 0.3 is 5.97 Å². The summed E-state index contributed by atoms with van der Waals surface area (Å²) in [6.45, 7) is 1.40. The number of esters is 1. The molecule has 0 spiro atoms. The Hall–Kier alpha value is -3.79. The van der Waals surface area contributed by atoms with Gasteiger partial charge < -0.3 is 4.74 Å². The number of hydrogen-bond donors (Lipinski definition) is 2. The van der Waals surface area contributed by atoms with Gasteiger partial charge in [-0.3, -0.25) is 34.9 Å². The van der Waals surface area contributed by atoms with Gasteiger partial charge in [-0.25, -0.2) is 4.79 Å². The number of nitrogens with one attached hydrogen (secondary N) is 2. The summed E-state index contributed by atoms with van der Waals surface area (Å²) in [5.41, 5.74) is 6.50. The number of halogens is 1. The molecule has 4 atom stereocenters. The maximum Gasteiger partial charge on any atom is 0.338 e. The normalized spacial score (nSPS) is 23.8. The highest BCUT2D eigenvalue weighted by atomic mass is 79.9. The van der Waals surface area contributed by atoms with Crippen molar-refractivity contribution in [3.05, 3.63) is 75.8 Å². The molecular formula is C26H22BrN3O6. The molecular weight excluding hydrogens is 530 g/mol. The molecule has 0 radical (unpaired) electrons. The van der Waals surface area contributed by atoms with E-state index in [-0.39, 0.29) is 41.0 Å². The van der Waals surface area contributed by atoms with Gasteiger partial charge in [0, 0.05) is 10.0 Å². The Bertz CT molecular complexity index is 1300. The first-order chi connectivity index (χ1) is 17.2. The van der Waals surface area contributed by atoms with Crippen LogP contribution < -0.4 is 15.8 Å². The molecule has 2 aliphatic carbocycles. The highest BCUT2D eigenvalue weighted by molar-refractivity contribution is 9.10. The van der Waals surface area contributed by atoms with Gasteiger partial charge in [-0.15, -0.1) is 0 Å². The van der Waals surface area contributed by atoms with Crippen molar-refractivity contribution in [2.24, 2.45) is 23.7 Å². The molecule has 9 nitrogen and oxygen atoms in total. The Balaban J connectivity index is 1.14. The molecule has 1 aliphatic heterocycles. The van der Waals surface area contributed by atoms with Gasteiger partial charge in [-0.2, -0.15) is 0 Å². The number of allylic oxidation sites excluding steroid dienone is 2. The molecule has 2 N–H and O–H groups in total. The molecule has 5 rings (SSSR count). The number of hydrogen-bond acceptors (Lipinski definition) is 6. The van der Waals surface area contributed by atoms with E-state index in [1.807, 2.05) is 6.92 Å². The summed E-state index contributed by atoms with van der Waals surface area (Å²) in [7, 11) is 0. The average Bonchev–Trinajstić information content (AvgIpc) is 3.51. The largest absolute Gasteiger partial charge is 0.452 e. The lowest BCUT2D eigenvalue weighted by Gasteiger charge is -2.19. The smallest absolute Gasteiger partial charge is 0.338 e. The van der Waals surface area contributed by atoms with Gasteiger partial charge in [0.1, 0.15) is 0 Å². The molecule has 0 aromatic heterocycles. The molecule has 2 aromatic rings. The third-order valence-electron chi connectivity index (χ3n) is 7.00. The van der Waals surface area contributed by atoms with Gasteiger partial charge in [-0.1, -0.05) is 27.6 Å². The van der Waals surface area contributed by atoms with E-state index in [4.69, 9.17) is 4.74 Å². The van der Waals surface area contributed by atoms with Crippen LogP contribution >= 0.6 is 15.9 Å². The molecule has 0 unspecified atom stereocenters. The summed E-state index contributed by atoms with van der Waals surface area (Å²) < 4.78 is 5.81. The van der Waals surface area contributed by atoms with Crippen molar-refractivity contribution in [3.63, 3.8) is 0 Å². The number of imide groups is 1. The average molecular weight is 552 g/mol. The van der Waals surface area contributed by atoms with Crippen LogP contribution in [0.1, 0.15) is 34.1 Å². The fourth-order valence-corrected chi connectivity index (χ4v) is 5.59. The third kappa shape index (κ3) is 4.21. The number of fused-ring (bicyclic) bond motifs is 5. The molecule has 2 fully saturated rings. The van der Waals surface area contributed by atoms with Crippen LogP contribution in [0, 0.1) is 23.7 Å². The molecule has 10 heteroatoms. The van der Waals surface area contributed by atoms with Crippen LogP contribution in [-0.2, 0) is 19.1 Å². The van der Waals surface area contributed by atoms with Crippen molar-refractivity contribution in [2.45, 2.75) is 13.3 Å². The second kappa shape index (κ2) is 9.34. The third-order valence-corrected chi connectivity index (χ3v) is 7.53. The number of nitrogens with zero attached hydrogens (tertiary/aromatic N) is 1. The van der Waals surface area contributed by atoms with Crippen LogP contribution in [0.2, 0.25) is 0 Å². The highest BCUT2D eigenvalue weighted by Gasteiger charge is 2.60. The Morgan fingerprint density at radius 1 is 0.944 bits per heavy atom. The topological polar surface area (TPSA) is 122 Å². The molecule has 2 aromatic carbocycles. The van der Waals surface area contributed by atoms with Crippen molar-refractivity contribution >= 4 is 51.2 Å². The van der Waals surface area contributed by atoms with Crippen LogP contribution in [0.4, 0.5) is 5.69 Å². The van der Waals surface area contributed by atoms with E-state index in [9.17, 15) is 24.0 Å². The van der Waals surface area contributed by atoms with Crippen LogP contribution in [0.25, 0.3) is 0 Å². The fraction of sp³-hybridized carbons (Fsp3) is 0.269. The van der Waals surface area contributed by atoms with E-state index in [1.165, 1.54) is 34.7 Å². The fourth-order valence-electron chi connectivity index (χ4n) is 5.33. The minimum Gasteiger partial charge on any atom is -0.452 e. The van der Waals surface area contributed by atoms with E-state index in [0.29, 0.717) is 11.3 Å². The summed E-state index contributed by atoms with van der Waals surface area (Å²) >= 11 is 3.27. The van der Waals surface area contributed by atoms with Gasteiger partial charge in [0.2, 0.25) is 11.8 Å². The minimum atomic E-state index is -0.759. The number of rotatable bonds is 5. The lowest BCUT2D eigenvalue weighted by molar-refractivity contribution is -0.125. The zero-order valence-corrected chi connectivity index (χ0v) is 20.8. The van der Waals surface area contributed by atoms with Crippen molar-refractivity contribution < 1.29 is 28.7 Å². The summed E-state index contributed by atoms with van der Waals surface area (Å²) in [5, 5.41) is 0. The quantitative estimate of drug-likeness (QED) is 0.255. The van der Waals surface area contributed by atoms with E-state index in [0.717, 1.165) is 10.9 Å². The number of anilines is 1. The van der Waals surface area contributed by atoms with Crippen molar-refractivity contribution in [3.8, 4) is 0 Å². The molecule has 184 valence electrons. The standard InChI is InChI=1S/C26H22BrN3O6/c1-13-10-16-11-19(13)22-21(16)24(33)30(25(22)34)18-8-4-15(5-9-18)26(35)36-12-20(31)28-29-23(32)14-2-6-17(27)7-3-14/h2-10,16,19,21-22H,11-12H2,1H3,(H,28,31)(H,29,32)/t16-,19+,21+,22-/m0/s1. The van der Waals surface area contributed by atoms with Crippen LogP contribution in [0.15, 0.2) is 64.7 Å². The molecule has 1 saturated heterocycles. The van der Waals surface area contributed by atoms with E-state index >= 15 is 0 Å². The van der Waals surface area contributed by atoms with Gasteiger partial charge in [0.05, 0.1) is 23.1 Å². The molecule has 2 bridgehead atoms. The van der Waals surface area contributed by atoms with Gasteiger partial charge in [-0.05, 0) is 73.7 Å². The predicted molar refractivity (Wildman–Crippen MR) is 131 cm³/mol. The van der Waals surface area contributed by atoms with Crippen LogP contribution in [0.3, 0.4) is 0 Å². The number of benzene rings is 2. The zero-order valence-electron chi connectivity index (χ0n) is 19.2. The SMILES string of the molecule is CC1=C[C@H]2C[C@H]1[C@@H]1C(=O)N(c3ccc(C(=O)OCC(=O)NNC(=O)c4ccc(Br)cc4)cc3)C(=O)[C@@H]12. The Kier molecular flexibility index (Phi) is 6.21. The first-order valence-corrected chi connectivity index (χ1v) is 12.2. The highest BCUT2D eigenvalue weighted by Crippen LogP contribution is 2.55. The molecule has 4 amide bonds. The first kappa shape index (κ1) is 23.9. The number of carbonyl (C=O) groups is 5. The maximum absolute atomic E-state index is 13.1. The molecule has 3 aliphatic rings. The number of amides is 4. The monoisotopic (exact) mass is 551 g/mol. The second-order valence-corrected chi connectivity index (χ2v) is 10.0. The van der Waals surface area contributed by atoms with Gasteiger partial charge in [0.15, 0.2) is 6.61 Å². The number of ether oxygens (including phenoxy) is 1. The van der Waals surface area contributed by atoms with Crippen molar-refractivity contribution in [2.75, 3.05) is 11.5 Å². The molecule has 1 saturated carbocycles. The Morgan fingerprint density at radius 2 is 1.58 bits per heavy atom. The van der Waals surface area contributed by atoms with E-state index < -0.39 is 24.4 Å². The number of carbonyl (C=O) groups excluding carboxylic acids is 5. The van der Waals surface area contributed by atoms with E-state index in [1.54, 1.807) is 24.3 Å². The number of hydrazine groups is 1. The lowest BCUT2D eigenvalue weighted by Crippen LogP contribution is -2.43. The molecule has 1 heterocycles. The van der Waals surface area contributed by atoms with Gasteiger partial charge in [0.25, 0.3) is 11.8 Å². The Morgan fingerprint density at radius 3 is 2.28 bits per heavy atom. The summed E-state index contributed by atoms with van der Waals surface area (Å²) in [6.07, 6.45) is 2.97. The molecule has 36 heavy (non-hydrogen) atoms. The minimum absolute atomic E-state index is 0.112.